The molecule has 0 spiro atoms. The molecule has 1 heterocycles. The number of para-hydroxylation sites is 2. The van der Waals surface area contributed by atoms with Gasteiger partial charge in [0, 0.05) is 12.8 Å². The first kappa shape index (κ1) is 13.4. The second-order valence-electron chi connectivity index (χ2n) is 5.02. The maximum Gasteiger partial charge on any atom is 0.254 e. The van der Waals surface area contributed by atoms with Crippen LogP contribution >= 0.6 is 0 Å². The summed E-state index contributed by atoms with van der Waals surface area (Å²) in [5, 5.41) is 2.68. The van der Waals surface area contributed by atoms with Crippen LogP contribution in [0, 0.1) is 0 Å². The second-order valence-corrected chi connectivity index (χ2v) is 5.02. The van der Waals surface area contributed by atoms with Gasteiger partial charge in [-0.25, -0.2) is 0 Å². The summed E-state index contributed by atoms with van der Waals surface area (Å²) in [6.07, 6.45) is 2.07. The summed E-state index contributed by atoms with van der Waals surface area (Å²) in [4.78, 5) is 29.9. The van der Waals surface area contributed by atoms with Crippen LogP contribution in [0.4, 0.5) is 5.69 Å². The molecule has 0 bridgehead atoms. The van der Waals surface area contributed by atoms with Crippen molar-refractivity contribution in [3.8, 4) is 11.6 Å². The third kappa shape index (κ3) is 3.28. The Balaban J connectivity index is 1.89. The lowest BCUT2D eigenvalue weighted by molar-refractivity contribution is -0.114. The van der Waals surface area contributed by atoms with Gasteiger partial charge in [0.1, 0.15) is 5.82 Å². The molecule has 1 aliphatic rings. The minimum Gasteiger partial charge on any atom is -0.437 e. The Morgan fingerprint density at radius 1 is 1.38 bits per heavy atom. The van der Waals surface area contributed by atoms with Gasteiger partial charge in [-0.1, -0.05) is 12.1 Å². The number of nitrogens with zero attached hydrogens (tertiary/aromatic N) is 1. The van der Waals surface area contributed by atoms with E-state index in [2.05, 4.69) is 15.3 Å². The summed E-state index contributed by atoms with van der Waals surface area (Å²) in [6.45, 7) is 1.42. The van der Waals surface area contributed by atoms with Crippen molar-refractivity contribution in [1.82, 2.24) is 9.97 Å². The first-order valence-electron chi connectivity index (χ1n) is 6.77. The maximum atomic E-state index is 11.7. The van der Waals surface area contributed by atoms with Crippen LogP contribution < -0.4 is 15.6 Å². The van der Waals surface area contributed by atoms with Gasteiger partial charge in [0.05, 0.1) is 11.8 Å². The zero-order valence-corrected chi connectivity index (χ0v) is 11.6. The van der Waals surface area contributed by atoms with E-state index in [1.54, 1.807) is 24.3 Å². The molecule has 6 nitrogen and oxygen atoms in total. The number of nitrogens with one attached hydrogen (secondary N) is 2. The minimum atomic E-state index is -0.237. The lowest BCUT2D eigenvalue weighted by Crippen LogP contribution is -2.11. The largest absolute Gasteiger partial charge is 0.437 e. The highest BCUT2D eigenvalue weighted by atomic mass is 16.5. The number of ether oxygens (including phenoxy) is 1. The lowest BCUT2D eigenvalue weighted by atomic mass is 10.3. The monoisotopic (exact) mass is 285 g/mol. The van der Waals surface area contributed by atoms with Gasteiger partial charge >= 0.3 is 0 Å². The van der Waals surface area contributed by atoms with Crippen LogP contribution in [0.2, 0.25) is 0 Å². The van der Waals surface area contributed by atoms with Crippen molar-refractivity contribution in [3.05, 3.63) is 46.5 Å². The first-order valence-corrected chi connectivity index (χ1v) is 6.77. The molecule has 3 rings (SSSR count). The zero-order valence-electron chi connectivity index (χ0n) is 11.6. The van der Waals surface area contributed by atoms with E-state index >= 15 is 0 Å². The fraction of sp³-hybridized carbons (Fsp3) is 0.267. The van der Waals surface area contributed by atoms with Gasteiger partial charge in [-0.15, -0.1) is 0 Å². The molecule has 0 unspecified atom stereocenters. The predicted molar refractivity (Wildman–Crippen MR) is 77.7 cm³/mol. The average molecular weight is 285 g/mol. The van der Waals surface area contributed by atoms with Crippen molar-refractivity contribution in [1.29, 1.82) is 0 Å². The topological polar surface area (TPSA) is 84.1 Å². The molecule has 21 heavy (non-hydrogen) atoms. The molecule has 0 saturated heterocycles. The summed E-state index contributed by atoms with van der Waals surface area (Å²) < 4.78 is 5.66. The number of hydrogen-bond donors (Lipinski definition) is 2. The fourth-order valence-corrected chi connectivity index (χ4v) is 2.02. The molecule has 1 fully saturated rings. The molecule has 1 aromatic carbocycles. The SMILES string of the molecule is CC(=O)Nc1ccccc1Oc1cc(=O)[nH]c(C2CC2)n1. The number of carbonyl (C=O) groups is 1. The summed E-state index contributed by atoms with van der Waals surface area (Å²) >= 11 is 0. The highest BCUT2D eigenvalue weighted by Gasteiger charge is 2.26. The Morgan fingerprint density at radius 2 is 2.14 bits per heavy atom. The summed E-state index contributed by atoms with van der Waals surface area (Å²) in [6, 6.07) is 8.32. The van der Waals surface area contributed by atoms with E-state index in [1.807, 2.05) is 0 Å². The van der Waals surface area contributed by atoms with Crippen molar-refractivity contribution < 1.29 is 9.53 Å². The maximum absolute atomic E-state index is 11.7. The number of amides is 1. The number of rotatable bonds is 4. The van der Waals surface area contributed by atoms with E-state index in [4.69, 9.17) is 4.74 Å². The molecule has 2 N–H and O–H groups in total. The van der Waals surface area contributed by atoms with Crippen LogP contribution in [0.15, 0.2) is 35.1 Å². The highest BCUT2D eigenvalue weighted by Crippen LogP contribution is 2.38. The molecule has 1 aliphatic carbocycles. The standard InChI is InChI=1S/C15H15N3O3/c1-9(19)16-11-4-2-3-5-12(11)21-14-8-13(20)17-15(18-14)10-6-7-10/h2-5,8,10H,6-7H2,1H3,(H,16,19)(H,17,18,20). The third-order valence-corrected chi connectivity index (χ3v) is 3.11. The van der Waals surface area contributed by atoms with Crippen LogP contribution in [0.3, 0.4) is 0 Å². The smallest absolute Gasteiger partial charge is 0.254 e. The van der Waals surface area contributed by atoms with Crippen molar-refractivity contribution in [2.24, 2.45) is 0 Å². The van der Waals surface area contributed by atoms with Crippen molar-refractivity contribution in [2.45, 2.75) is 25.7 Å². The summed E-state index contributed by atoms with van der Waals surface area (Å²) in [5.41, 5.74) is 0.305. The van der Waals surface area contributed by atoms with Gasteiger partial charge in [-0.2, -0.15) is 4.98 Å². The second kappa shape index (κ2) is 5.40. The number of aromatic amines is 1. The van der Waals surface area contributed by atoms with Crippen LogP contribution in [0.1, 0.15) is 31.5 Å². The van der Waals surface area contributed by atoms with Gasteiger partial charge in [0.15, 0.2) is 5.75 Å². The molecule has 2 aromatic rings. The van der Waals surface area contributed by atoms with E-state index in [-0.39, 0.29) is 17.3 Å². The molecule has 1 amide bonds. The van der Waals surface area contributed by atoms with E-state index in [0.29, 0.717) is 23.2 Å². The molecule has 0 radical (unpaired) electrons. The van der Waals surface area contributed by atoms with Crippen LogP contribution in [-0.2, 0) is 4.79 Å². The van der Waals surface area contributed by atoms with E-state index in [1.165, 1.54) is 13.0 Å². The Bertz CT molecular complexity index is 735. The zero-order chi connectivity index (χ0) is 14.8. The minimum absolute atomic E-state index is 0.191. The fourth-order valence-electron chi connectivity index (χ4n) is 2.02. The van der Waals surface area contributed by atoms with Crippen LogP contribution in [-0.4, -0.2) is 15.9 Å². The van der Waals surface area contributed by atoms with Gasteiger partial charge in [0.2, 0.25) is 11.8 Å². The van der Waals surface area contributed by atoms with Gasteiger partial charge in [0.25, 0.3) is 5.56 Å². The average Bonchev–Trinajstić information content (AvgIpc) is 3.24. The third-order valence-electron chi connectivity index (χ3n) is 3.11. The molecular formula is C15H15N3O3. The molecule has 0 atom stereocenters. The summed E-state index contributed by atoms with van der Waals surface area (Å²) in [5.74, 6) is 1.48. The molecule has 108 valence electrons. The quantitative estimate of drug-likeness (QED) is 0.903. The number of aromatic nitrogens is 2. The molecule has 0 aliphatic heterocycles. The first-order chi connectivity index (χ1) is 10.1. The highest BCUT2D eigenvalue weighted by molar-refractivity contribution is 5.90. The van der Waals surface area contributed by atoms with Gasteiger partial charge < -0.3 is 15.0 Å². The number of carbonyl (C=O) groups excluding carboxylic acids is 1. The molecular weight excluding hydrogens is 270 g/mol. The molecule has 6 heteroatoms. The van der Waals surface area contributed by atoms with Gasteiger partial charge in [-0.05, 0) is 25.0 Å². The number of anilines is 1. The predicted octanol–water partition coefficient (Wildman–Crippen LogP) is 2.40. The van der Waals surface area contributed by atoms with Crippen molar-refractivity contribution >= 4 is 11.6 Å². The Labute approximate surface area is 121 Å². The Hall–Kier alpha value is -2.63. The van der Waals surface area contributed by atoms with Crippen molar-refractivity contribution in [3.63, 3.8) is 0 Å². The Kier molecular flexibility index (Phi) is 3.43. The van der Waals surface area contributed by atoms with E-state index in [9.17, 15) is 9.59 Å². The number of hydrogen-bond acceptors (Lipinski definition) is 4. The number of H-pyrrole nitrogens is 1. The van der Waals surface area contributed by atoms with Gasteiger partial charge in [-0.3, -0.25) is 9.59 Å². The molecule has 1 saturated carbocycles. The molecule has 1 aromatic heterocycles. The normalized spacial score (nSPS) is 13.8. The summed E-state index contributed by atoms with van der Waals surface area (Å²) in [7, 11) is 0. The van der Waals surface area contributed by atoms with E-state index < -0.39 is 0 Å². The lowest BCUT2D eigenvalue weighted by Gasteiger charge is -2.10. The number of benzene rings is 1. The van der Waals surface area contributed by atoms with E-state index in [0.717, 1.165) is 12.8 Å². The van der Waals surface area contributed by atoms with Crippen LogP contribution in [0.5, 0.6) is 11.6 Å². The van der Waals surface area contributed by atoms with Crippen molar-refractivity contribution in [2.75, 3.05) is 5.32 Å². The van der Waals surface area contributed by atoms with Crippen LogP contribution in [0.25, 0.3) is 0 Å². The Morgan fingerprint density at radius 3 is 2.86 bits per heavy atom.